The Labute approximate surface area is 95.4 Å². The van der Waals surface area contributed by atoms with Gasteiger partial charge in [0.25, 0.3) is 0 Å². The SMILES string of the molecule is N#CC(Cl)(Cl)Cc1cccc(Br)c1. The van der Waals surface area contributed by atoms with E-state index in [1.54, 1.807) is 0 Å². The van der Waals surface area contributed by atoms with Gasteiger partial charge in [0, 0.05) is 10.9 Å². The molecular weight excluding hydrogens is 273 g/mol. The Hall–Kier alpha value is -0.230. The highest BCUT2D eigenvalue weighted by Crippen LogP contribution is 2.26. The molecule has 0 fully saturated rings. The summed E-state index contributed by atoms with van der Waals surface area (Å²) < 4.78 is -0.382. The van der Waals surface area contributed by atoms with E-state index in [0.29, 0.717) is 6.42 Å². The molecule has 1 aromatic carbocycles. The van der Waals surface area contributed by atoms with Crippen LogP contribution < -0.4 is 0 Å². The smallest absolute Gasteiger partial charge is 0.195 e. The van der Waals surface area contributed by atoms with Gasteiger partial charge in [0.2, 0.25) is 4.33 Å². The molecule has 13 heavy (non-hydrogen) atoms. The van der Waals surface area contributed by atoms with Crippen LogP contribution in [0.3, 0.4) is 0 Å². The van der Waals surface area contributed by atoms with E-state index in [0.717, 1.165) is 10.0 Å². The first-order valence-corrected chi connectivity index (χ1v) is 5.12. The van der Waals surface area contributed by atoms with Gasteiger partial charge < -0.3 is 0 Å². The van der Waals surface area contributed by atoms with Gasteiger partial charge in [-0.1, -0.05) is 51.3 Å². The first-order valence-electron chi connectivity index (χ1n) is 3.57. The minimum absolute atomic E-state index is 0.325. The fourth-order valence-electron chi connectivity index (χ4n) is 0.943. The molecule has 0 N–H and O–H groups in total. The molecule has 0 bridgehead atoms. The van der Waals surface area contributed by atoms with Crippen LogP contribution in [-0.2, 0) is 6.42 Å². The molecule has 0 radical (unpaired) electrons. The van der Waals surface area contributed by atoms with Crippen LogP contribution >= 0.6 is 39.1 Å². The third-order valence-corrected chi connectivity index (χ3v) is 2.41. The predicted molar refractivity (Wildman–Crippen MR) is 57.9 cm³/mol. The molecule has 1 rings (SSSR count). The third-order valence-electron chi connectivity index (χ3n) is 1.48. The highest BCUT2D eigenvalue weighted by Gasteiger charge is 2.23. The zero-order valence-corrected chi connectivity index (χ0v) is 9.70. The van der Waals surface area contributed by atoms with Crippen LogP contribution in [0.25, 0.3) is 0 Å². The third kappa shape index (κ3) is 3.56. The van der Waals surface area contributed by atoms with Crippen LogP contribution in [0.1, 0.15) is 5.56 Å². The summed E-state index contributed by atoms with van der Waals surface area (Å²) in [6, 6.07) is 9.37. The van der Waals surface area contributed by atoms with Crippen molar-refractivity contribution in [3.05, 3.63) is 34.3 Å². The summed E-state index contributed by atoms with van der Waals surface area (Å²) in [7, 11) is 0. The molecule has 0 saturated heterocycles. The van der Waals surface area contributed by atoms with Crippen LogP contribution in [0.5, 0.6) is 0 Å². The molecular formula is C9H6BrCl2N. The average molecular weight is 279 g/mol. The lowest BCUT2D eigenvalue weighted by molar-refractivity contribution is 0.945. The summed E-state index contributed by atoms with van der Waals surface area (Å²) in [6.07, 6.45) is 0.325. The maximum Gasteiger partial charge on any atom is 0.207 e. The number of nitriles is 1. The van der Waals surface area contributed by atoms with Crippen molar-refractivity contribution in [2.45, 2.75) is 10.8 Å². The first kappa shape index (κ1) is 10.8. The Balaban J connectivity index is 2.82. The molecule has 1 aromatic rings. The summed E-state index contributed by atoms with van der Waals surface area (Å²) >= 11 is 14.7. The second kappa shape index (κ2) is 4.32. The van der Waals surface area contributed by atoms with Crippen LogP contribution in [0.4, 0.5) is 0 Å². The largest absolute Gasteiger partial charge is 0.207 e. The molecule has 1 nitrogen and oxygen atoms in total. The highest BCUT2D eigenvalue weighted by molar-refractivity contribution is 9.10. The molecule has 0 aromatic heterocycles. The molecule has 0 spiro atoms. The lowest BCUT2D eigenvalue weighted by Gasteiger charge is -2.09. The second-order valence-electron chi connectivity index (χ2n) is 2.62. The first-order chi connectivity index (χ1) is 6.03. The van der Waals surface area contributed by atoms with E-state index in [4.69, 9.17) is 28.5 Å². The lowest BCUT2D eigenvalue weighted by Crippen LogP contribution is -2.12. The number of nitrogens with zero attached hydrogens (tertiary/aromatic N) is 1. The highest BCUT2D eigenvalue weighted by atomic mass is 79.9. The van der Waals surface area contributed by atoms with Gasteiger partial charge in [0.1, 0.15) is 6.07 Å². The van der Waals surface area contributed by atoms with Crippen LogP contribution in [0, 0.1) is 11.3 Å². The van der Waals surface area contributed by atoms with E-state index in [-0.39, 0.29) is 0 Å². The maximum atomic E-state index is 8.60. The van der Waals surface area contributed by atoms with Crippen LogP contribution in [-0.4, -0.2) is 4.33 Å². The van der Waals surface area contributed by atoms with Crippen molar-refractivity contribution in [2.75, 3.05) is 0 Å². The molecule has 0 aliphatic carbocycles. The van der Waals surface area contributed by atoms with E-state index in [1.165, 1.54) is 0 Å². The number of halogens is 3. The summed E-state index contributed by atoms with van der Waals surface area (Å²) in [5.41, 5.74) is 0.931. The maximum absolute atomic E-state index is 8.60. The monoisotopic (exact) mass is 277 g/mol. The second-order valence-corrected chi connectivity index (χ2v) is 5.02. The quantitative estimate of drug-likeness (QED) is 0.757. The molecule has 0 atom stereocenters. The van der Waals surface area contributed by atoms with Crippen molar-refractivity contribution in [3.63, 3.8) is 0 Å². The number of alkyl halides is 2. The number of hydrogen-bond donors (Lipinski definition) is 0. The zero-order valence-electron chi connectivity index (χ0n) is 6.60. The normalized spacial score (nSPS) is 10.9. The van der Waals surface area contributed by atoms with Gasteiger partial charge in [-0.3, -0.25) is 0 Å². The standard InChI is InChI=1S/C9H6BrCl2N/c10-8-3-1-2-7(4-8)5-9(11,12)6-13/h1-4H,5H2. The Kier molecular flexibility index (Phi) is 3.61. The van der Waals surface area contributed by atoms with Crippen molar-refractivity contribution in [1.82, 2.24) is 0 Å². The predicted octanol–water partition coefficient (Wildman–Crippen LogP) is 3.69. The summed E-state index contributed by atoms with van der Waals surface area (Å²) in [5, 5.41) is 8.60. The van der Waals surface area contributed by atoms with Crippen LogP contribution in [0.2, 0.25) is 0 Å². The molecule has 0 saturated carbocycles. The Morgan fingerprint density at radius 2 is 2.15 bits per heavy atom. The topological polar surface area (TPSA) is 23.8 Å². The minimum Gasteiger partial charge on any atom is -0.195 e. The lowest BCUT2D eigenvalue weighted by atomic mass is 10.1. The zero-order chi connectivity index (χ0) is 9.90. The van der Waals surface area contributed by atoms with Gasteiger partial charge >= 0.3 is 0 Å². The summed E-state index contributed by atoms with van der Waals surface area (Å²) in [5.74, 6) is 0. The Morgan fingerprint density at radius 1 is 1.46 bits per heavy atom. The number of hydrogen-bond acceptors (Lipinski definition) is 1. The number of benzene rings is 1. The van der Waals surface area contributed by atoms with E-state index < -0.39 is 4.33 Å². The molecule has 0 aliphatic rings. The molecule has 0 amide bonds. The minimum atomic E-state index is -1.33. The van der Waals surface area contributed by atoms with Gasteiger partial charge in [-0.25, -0.2) is 0 Å². The van der Waals surface area contributed by atoms with Gasteiger partial charge in [0.05, 0.1) is 0 Å². The van der Waals surface area contributed by atoms with Crippen molar-refractivity contribution in [3.8, 4) is 6.07 Å². The van der Waals surface area contributed by atoms with Crippen molar-refractivity contribution >= 4 is 39.1 Å². The number of rotatable bonds is 2. The molecule has 68 valence electrons. The van der Waals surface area contributed by atoms with Crippen molar-refractivity contribution in [2.24, 2.45) is 0 Å². The van der Waals surface area contributed by atoms with Gasteiger partial charge in [-0.2, -0.15) is 5.26 Å². The van der Waals surface area contributed by atoms with Crippen molar-refractivity contribution in [1.29, 1.82) is 5.26 Å². The molecule has 0 aliphatic heterocycles. The average Bonchev–Trinajstić information content (AvgIpc) is 2.03. The van der Waals surface area contributed by atoms with E-state index in [9.17, 15) is 0 Å². The Bertz CT molecular complexity index is 344. The van der Waals surface area contributed by atoms with Gasteiger partial charge in [0.15, 0.2) is 0 Å². The summed E-state index contributed by atoms with van der Waals surface area (Å²) in [6.45, 7) is 0. The van der Waals surface area contributed by atoms with Crippen LogP contribution in [0.15, 0.2) is 28.7 Å². The van der Waals surface area contributed by atoms with Gasteiger partial charge in [-0.05, 0) is 17.7 Å². The fraction of sp³-hybridized carbons (Fsp3) is 0.222. The summed E-state index contributed by atoms with van der Waals surface area (Å²) in [4.78, 5) is 0. The van der Waals surface area contributed by atoms with E-state index in [1.807, 2.05) is 30.3 Å². The Morgan fingerprint density at radius 3 is 2.69 bits per heavy atom. The molecule has 0 unspecified atom stereocenters. The van der Waals surface area contributed by atoms with E-state index >= 15 is 0 Å². The van der Waals surface area contributed by atoms with Gasteiger partial charge in [-0.15, -0.1) is 0 Å². The molecule has 0 heterocycles. The van der Waals surface area contributed by atoms with Crippen molar-refractivity contribution < 1.29 is 0 Å². The fourth-order valence-corrected chi connectivity index (χ4v) is 1.70. The van der Waals surface area contributed by atoms with E-state index in [2.05, 4.69) is 15.9 Å². The molecule has 4 heteroatoms.